The zero-order valence-electron chi connectivity index (χ0n) is 49.9. The van der Waals surface area contributed by atoms with E-state index in [-0.39, 0.29) is 0 Å². The molecule has 70 heavy (non-hydrogen) atoms. The van der Waals surface area contributed by atoms with Crippen LogP contribution >= 0.6 is 37.0 Å². The lowest BCUT2D eigenvalue weighted by Crippen LogP contribution is -1.86. The lowest BCUT2D eigenvalue weighted by molar-refractivity contribution is 0.532. The maximum absolute atomic E-state index is 4.96. The van der Waals surface area contributed by atoms with E-state index in [1.807, 2.05) is 124 Å². The van der Waals surface area contributed by atoms with E-state index in [1.54, 1.807) is 18.8 Å². The van der Waals surface area contributed by atoms with Crippen molar-refractivity contribution in [1.82, 2.24) is 0 Å². The number of aliphatic imine (C=N–C) groups is 1. The lowest BCUT2D eigenvalue weighted by atomic mass is 10.1. The molecule has 1 aromatic carbocycles. The van der Waals surface area contributed by atoms with Gasteiger partial charge in [0.15, 0.2) is 0 Å². The molecule has 8 heteroatoms. The van der Waals surface area contributed by atoms with Gasteiger partial charge in [-0.25, -0.2) is 4.40 Å². The lowest BCUT2D eigenvalue weighted by Gasteiger charge is -2.06. The van der Waals surface area contributed by atoms with E-state index in [4.69, 9.17) is 8.83 Å². The van der Waals surface area contributed by atoms with Crippen molar-refractivity contribution in [2.45, 2.75) is 180 Å². The van der Waals surface area contributed by atoms with Gasteiger partial charge in [-0.05, 0) is 198 Å². The number of allylic oxidation sites excluding steroid dienone is 9. The van der Waals surface area contributed by atoms with Crippen molar-refractivity contribution in [3.8, 4) is 0 Å². The van der Waals surface area contributed by atoms with Gasteiger partial charge in [0.05, 0.1) is 23.8 Å². The summed E-state index contributed by atoms with van der Waals surface area (Å²) in [5, 5.41) is 7.56. The number of rotatable bonds is 0. The SMILES string of the molecule is C=S1(=C)C(C)=NC(C)=C1C.C=S1(=C)C=C(C)C(C)=C1.C=S1(=C)C=CC(C)=C1C.C=S1(=C)N=C(C)C(C)=C1C.CC.CC.CC.CC.CC.Cc1ccccc1C.Cc1ccoc1C.Cc1cocc1C. The average molecular weight is 1040 g/mol. The predicted octanol–water partition coefficient (Wildman–Crippen LogP) is 20.9. The number of aryl methyl sites for hydroxylation is 6. The first kappa shape index (κ1) is 74.9. The largest absolute Gasteiger partial charge is 0.472 e. The van der Waals surface area contributed by atoms with Gasteiger partial charge in [-0.1, -0.05) is 156 Å². The minimum absolute atomic E-state index is 0.969. The zero-order valence-corrected chi connectivity index (χ0v) is 53.2. The highest BCUT2D eigenvalue weighted by molar-refractivity contribution is 8.42. The molecule has 0 N–H and O–H groups in total. The van der Waals surface area contributed by atoms with Crippen LogP contribution < -0.4 is 0 Å². The molecule has 0 bridgehead atoms. The molecule has 3 aromatic rings. The smallest absolute Gasteiger partial charge is 0.103 e. The normalized spacial score (nSPS) is 16.0. The van der Waals surface area contributed by atoms with Crippen LogP contribution in [0.15, 0.2) is 132 Å². The molecule has 4 aliphatic rings. The van der Waals surface area contributed by atoms with Crippen LogP contribution in [-0.2, 0) is 0 Å². The van der Waals surface area contributed by atoms with Gasteiger partial charge in [0, 0.05) is 11.4 Å². The highest BCUT2D eigenvalue weighted by Gasteiger charge is 2.14. The molecule has 0 fully saturated rings. The second-order valence-corrected chi connectivity index (χ2v) is 26.6. The highest BCUT2D eigenvalue weighted by Crippen LogP contribution is 2.41. The first-order valence-electron chi connectivity index (χ1n) is 24.6. The minimum Gasteiger partial charge on any atom is -0.472 e. The molecule has 400 valence electrons. The summed E-state index contributed by atoms with van der Waals surface area (Å²) < 4.78 is 14.2. The third kappa shape index (κ3) is 27.5. The van der Waals surface area contributed by atoms with Gasteiger partial charge < -0.3 is 8.83 Å². The number of hydrogen-bond acceptors (Lipinski definition) is 4. The van der Waals surface area contributed by atoms with Crippen molar-refractivity contribution in [3.05, 3.63) is 148 Å². The predicted molar refractivity (Wildman–Crippen MR) is 354 cm³/mol. The van der Waals surface area contributed by atoms with Crippen molar-refractivity contribution in [2.24, 2.45) is 9.39 Å². The van der Waals surface area contributed by atoms with Crippen molar-refractivity contribution in [1.29, 1.82) is 0 Å². The van der Waals surface area contributed by atoms with Crippen LogP contribution in [0.4, 0.5) is 0 Å². The monoisotopic (exact) mass is 1040 g/mol. The summed E-state index contributed by atoms with van der Waals surface area (Å²) in [6.07, 6.45) is 7.31. The first-order chi connectivity index (χ1) is 32.4. The van der Waals surface area contributed by atoms with Gasteiger partial charge in [0.25, 0.3) is 0 Å². The van der Waals surface area contributed by atoms with Gasteiger partial charge >= 0.3 is 0 Å². The summed E-state index contributed by atoms with van der Waals surface area (Å²) >= 11 is 0. The van der Waals surface area contributed by atoms with E-state index >= 15 is 0 Å². The molecule has 0 amide bonds. The number of benzene rings is 1. The highest BCUT2D eigenvalue weighted by atomic mass is 32.2. The van der Waals surface area contributed by atoms with E-state index in [0.717, 1.165) is 22.2 Å². The number of furan rings is 2. The second-order valence-electron chi connectivity index (χ2n) is 15.9. The van der Waals surface area contributed by atoms with Gasteiger partial charge in [-0.2, -0.15) is 18.4 Å². The van der Waals surface area contributed by atoms with Crippen LogP contribution in [0.1, 0.15) is 172 Å². The van der Waals surface area contributed by atoms with Crippen molar-refractivity contribution < 1.29 is 8.83 Å². The molecular formula is C62H106N2O2S4. The molecule has 0 saturated heterocycles. The molecule has 4 aliphatic heterocycles. The standard InChI is InChI=1S/2C8H13NS.2C8H12S.C8H10.2C6H8O.5C2H6/c1-6-7(2)10(4,5)8(3)9-6;1-6-7(2)9-10(4,5)8(6)3;1-7-5-9(3,4)6-8(7)2;1-7-5-6-9(3,4)8(7)2;1-7-5-3-4-6-8(7)2;1-5-3-7-4-6(5)2;1-5-3-4-7-6(5)2;5*1-2/h2*4-5H2,1-3H3;2*5-6H,3-4H2,1-2H3;3-6H,1-2H3;2*3-4H,1-2H3;5*1-2H3. The Morgan fingerprint density at radius 3 is 1.01 bits per heavy atom. The van der Waals surface area contributed by atoms with Gasteiger partial charge in [0.2, 0.25) is 0 Å². The van der Waals surface area contributed by atoms with Gasteiger partial charge in [-0.15, -0.1) is 9.21 Å². The molecule has 7 rings (SSSR count). The van der Waals surface area contributed by atoms with Crippen LogP contribution in [0.5, 0.6) is 0 Å². The molecule has 0 saturated carbocycles. The Hall–Kier alpha value is -4.08. The fraction of sp³-hybridized carbons (Fsp3) is 0.419. The molecule has 4 nitrogen and oxygen atoms in total. The Bertz CT molecular complexity index is 2610. The summed E-state index contributed by atoms with van der Waals surface area (Å²) in [4.78, 5) is 8.23. The third-order valence-corrected chi connectivity index (χ3v) is 19.4. The minimum atomic E-state index is -1.26. The van der Waals surface area contributed by atoms with Crippen LogP contribution in [-0.4, -0.2) is 57.7 Å². The summed E-state index contributed by atoms with van der Waals surface area (Å²) in [7, 11) is -4.32. The molecule has 0 unspecified atom stereocenters. The number of nitrogens with zero attached hydrogens (tertiary/aromatic N) is 2. The van der Waals surface area contributed by atoms with Crippen molar-refractivity contribution >= 4 is 94.7 Å². The van der Waals surface area contributed by atoms with E-state index < -0.39 is 37.0 Å². The summed E-state index contributed by atoms with van der Waals surface area (Å²) in [5.41, 5.74) is 13.9. The van der Waals surface area contributed by atoms with Crippen LogP contribution in [0.3, 0.4) is 0 Å². The Labute approximate surface area is 437 Å². The molecule has 6 heterocycles. The van der Waals surface area contributed by atoms with Crippen molar-refractivity contribution in [2.75, 3.05) is 0 Å². The Balaban J connectivity index is -0.000000228. The Morgan fingerprint density at radius 2 is 0.900 bits per heavy atom. The molecule has 0 atom stereocenters. The van der Waals surface area contributed by atoms with E-state index in [9.17, 15) is 0 Å². The van der Waals surface area contributed by atoms with E-state index in [1.165, 1.54) is 64.8 Å². The first-order valence-corrected chi connectivity index (χ1v) is 32.6. The van der Waals surface area contributed by atoms with Crippen LogP contribution in [0.2, 0.25) is 0 Å². The molecular weight excluding hydrogens is 933 g/mol. The molecule has 0 spiro atoms. The van der Waals surface area contributed by atoms with Gasteiger partial charge in [0.1, 0.15) is 5.76 Å². The van der Waals surface area contributed by atoms with E-state index in [2.05, 4.69) is 165 Å². The second kappa shape index (κ2) is 37.7. The summed E-state index contributed by atoms with van der Waals surface area (Å²) in [5.74, 6) is 33.1. The molecule has 0 radical (unpaired) electrons. The maximum atomic E-state index is 4.96. The van der Waals surface area contributed by atoms with Crippen molar-refractivity contribution in [3.63, 3.8) is 0 Å². The quantitative estimate of drug-likeness (QED) is 0.211. The summed E-state index contributed by atoms with van der Waals surface area (Å²) in [6, 6.07) is 10.3. The Morgan fingerprint density at radius 1 is 0.486 bits per heavy atom. The maximum Gasteiger partial charge on any atom is 0.103 e. The number of hydrogen-bond donors (Lipinski definition) is 0. The topological polar surface area (TPSA) is 51.0 Å². The fourth-order valence-electron chi connectivity index (χ4n) is 5.08. The third-order valence-electron chi connectivity index (χ3n) is 10.8. The average Bonchev–Trinajstić information content (AvgIpc) is 4.11. The van der Waals surface area contributed by atoms with Crippen LogP contribution in [0, 0.1) is 41.5 Å². The molecule has 0 aliphatic carbocycles. The van der Waals surface area contributed by atoms with Crippen LogP contribution in [0.25, 0.3) is 0 Å². The zero-order chi connectivity index (χ0) is 56.6. The van der Waals surface area contributed by atoms with Gasteiger partial charge in [-0.3, -0.25) is 4.99 Å². The summed E-state index contributed by atoms with van der Waals surface area (Å²) in [6.45, 7) is 53.0. The molecule has 2 aromatic heterocycles. The van der Waals surface area contributed by atoms with E-state index in [0.29, 0.717) is 0 Å². The fourth-order valence-corrected chi connectivity index (χ4v) is 11.2. The Kier molecular flexibility index (Phi) is 40.3.